The van der Waals surface area contributed by atoms with Gasteiger partial charge in [-0.2, -0.15) is 0 Å². The smallest absolute Gasteiger partial charge is 0.163 e. The average Bonchev–Trinajstić information content (AvgIpc) is 2.53. The van der Waals surface area contributed by atoms with Crippen LogP contribution >= 0.6 is 0 Å². The van der Waals surface area contributed by atoms with E-state index in [4.69, 9.17) is 9.47 Å². The zero-order chi connectivity index (χ0) is 15.2. The number of ether oxygens (including phenoxy) is 2. The summed E-state index contributed by atoms with van der Waals surface area (Å²) in [6.07, 6.45) is 1.24. The maximum absolute atomic E-state index is 12.3. The van der Waals surface area contributed by atoms with E-state index in [1.54, 1.807) is 32.4 Å². The zero-order valence-electron chi connectivity index (χ0n) is 12.7. The Morgan fingerprint density at radius 3 is 2.38 bits per heavy atom. The third kappa shape index (κ3) is 3.63. The van der Waals surface area contributed by atoms with Crippen LogP contribution in [0.2, 0.25) is 0 Å². The fraction of sp³-hybridized carbons (Fsp3) is 0.278. The molecule has 0 saturated carbocycles. The van der Waals surface area contributed by atoms with Crippen molar-refractivity contribution in [2.75, 3.05) is 14.2 Å². The first-order chi connectivity index (χ1) is 10.2. The Morgan fingerprint density at radius 1 is 1.00 bits per heavy atom. The van der Waals surface area contributed by atoms with E-state index in [0.717, 1.165) is 6.42 Å². The van der Waals surface area contributed by atoms with Crippen molar-refractivity contribution in [1.29, 1.82) is 0 Å². The summed E-state index contributed by atoms with van der Waals surface area (Å²) >= 11 is 0. The highest BCUT2D eigenvalue weighted by Gasteiger charge is 2.11. The molecule has 0 heterocycles. The average molecular weight is 284 g/mol. The van der Waals surface area contributed by atoms with Crippen LogP contribution in [0.25, 0.3) is 0 Å². The zero-order valence-corrected chi connectivity index (χ0v) is 12.7. The van der Waals surface area contributed by atoms with Gasteiger partial charge in [0, 0.05) is 12.0 Å². The fourth-order valence-electron chi connectivity index (χ4n) is 2.29. The van der Waals surface area contributed by atoms with Crippen molar-refractivity contribution < 1.29 is 14.3 Å². The number of aryl methyl sites for hydroxylation is 2. The summed E-state index contributed by atoms with van der Waals surface area (Å²) < 4.78 is 10.4. The van der Waals surface area contributed by atoms with Gasteiger partial charge in [0.2, 0.25) is 0 Å². The van der Waals surface area contributed by atoms with Gasteiger partial charge in [-0.25, -0.2) is 0 Å². The minimum absolute atomic E-state index is 0.110. The van der Waals surface area contributed by atoms with Crippen LogP contribution in [-0.2, 0) is 6.42 Å². The lowest BCUT2D eigenvalue weighted by Crippen LogP contribution is -2.03. The molecule has 2 aromatic rings. The SMILES string of the molecule is COc1ccc(C(=O)CCc2ccccc2C)cc1OC. The van der Waals surface area contributed by atoms with Crippen LogP contribution in [-0.4, -0.2) is 20.0 Å². The third-order valence-corrected chi connectivity index (χ3v) is 3.59. The van der Waals surface area contributed by atoms with Crippen molar-refractivity contribution in [2.24, 2.45) is 0 Å². The summed E-state index contributed by atoms with van der Waals surface area (Å²) in [7, 11) is 3.15. The first kappa shape index (κ1) is 15.1. The normalized spacial score (nSPS) is 10.2. The standard InChI is InChI=1S/C18H20O3/c1-13-6-4-5-7-14(13)8-10-16(19)15-9-11-17(20-2)18(12-15)21-3/h4-7,9,11-12H,8,10H2,1-3H3. The Labute approximate surface area is 125 Å². The molecule has 0 fully saturated rings. The number of rotatable bonds is 6. The lowest BCUT2D eigenvalue weighted by molar-refractivity contribution is 0.0982. The Morgan fingerprint density at radius 2 is 1.71 bits per heavy atom. The van der Waals surface area contributed by atoms with Crippen molar-refractivity contribution in [1.82, 2.24) is 0 Å². The third-order valence-electron chi connectivity index (χ3n) is 3.59. The molecule has 3 nitrogen and oxygen atoms in total. The number of Topliss-reactive ketones (excluding diaryl/α,β-unsaturated/α-hetero) is 1. The topological polar surface area (TPSA) is 35.5 Å². The molecule has 0 aliphatic carbocycles. The summed E-state index contributed by atoms with van der Waals surface area (Å²) in [5, 5.41) is 0. The van der Waals surface area contributed by atoms with Gasteiger partial charge in [-0.15, -0.1) is 0 Å². The highest BCUT2D eigenvalue weighted by Crippen LogP contribution is 2.28. The Bertz CT molecular complexity index is 632. The second-order valence-corrected chi connectivity index (χ2v) is 4.92. The van der Waals surface area contributed by atoms with Gasteiger partial charge >= 0.3 is 0 Å². The maximum Gasteiger partial charge on any atom is 0.163 e. The van der Waals surface area contributed by atoms with E-state index in [1.807, 2.05) is 12.1 Å². The van der Waals surface area contributed by atoms with Crippen molar-refractivity contribution in [3.8, 4) is 11.5 Å². The van der Waals surface area contributed by atoms with Gasteiger partial charge in [0.05, 0.1) is 14.2 Å². The van der Waals surface area contributed by atoms with E-state index >= 15 is 0 Å². The van der Waals surface area contributed by atoms with Crippen LogP contribution in [0, 0.1) is 6.92 Å². The molecule has 3 heteroatoms. The lowest BCUT2D eigenvalue weighted by Gasteiger charge is -2.09. The molecule has 0 amide bonds. The van der Waals surface area contributed by atoms with Crippen LogP contribution in [0.5, 0.6) is 11.5 Å². The molecule has 0 atom stereocenters. The highest BCUT2D eigenvalue weighted by molar-refractivity contribution is 5.96. The number of hydrogen-bond acceptors (Lipinski definition) is 3. The van der Waals surface area contributed by atoms with Gasteiger partial charge in [-0.05, 0) is 42.7 Å². The fourth-order valence-corrected chi connectivity index (χ4v) is 2.29. The van der Waals surface area contributed by atoms with Gasteiger partial charge < -0.3 is 9.47 Å². The number of carbonyl (C=O) groups is 1. The van der Waals surface area contributed by atoms with E-state index in [-0.39, 0.29) is 5.78 Å². The van der Waals surface area contributed by atoms with Crippen molar-refractivity contribution in [3.05, 3.63) is 59.2 Å². The van der Waals surface area contributed by atoms with Crippen molar-refractivity contribution >= 4 is 5.78 Å². The number of ketones is 1. The maximum atomic E-state index is 12.3. The molecule has 0 aromatic heterocycles. The largest absolute Gasteiger partial charge is 0.493 e. The summed E-state index contributed by atoms with van der Waals surface area (Å²) in [6, 6.07) is 13.4. The minimum atomic E-state index is 0.110. The predicted molar refractivity (Wildman–Crippen MR) is 83.4 cm³/mol. The number of methoxy groups -OCH3 is 2. The quantitative estimate of drug-likeness (QED) is 0.756. The van der Waals surface area contributed by atoms with E-state index in [9.17, 15) is 4.79 Å². The van der Waals surface area contributed by atoms with Crippen LogP contribution in [0.3, 0.4) is 0 Å². The molecule has 2 aromatic carbocycles. The number of hydrogen-bond donors (Lipinski definition) is 0. The monoisotopic (exact) mass is 284 g/mol. The van der Waals surface area contributed by atoms with Crippen molar-refractivity contribution in [2.45, 2.75) is 19.8 Å². The summed E-state index contributed by atoms with van der Waals surface area (Å²) in [5.74, 6) is 1.33. The van der Waals surface area contributed by atoms with Gasteiger partial charge in [0.25, 0.3) is 0 Å². The second kappa shape index (κ2) is 6.93. The van der Waals surface area contributed by atoms with E-state index < -0.39 is 0 Å². The lowest BCUT2D eigenvalue weighted by atomic mass is 9.99. The molecular weight excluding hydrogens is 264 g/mol. The Kier molecular flexibility index (Phi) is 4.99. The molecule has 0 saturated heterocycles. The van der Waals surface area contributed by atoms with Gasteiger partial charge in [0.15, 0.2) is 17.3 Å². The van der Waals surface area contributed by atoms with Crippen LogP contribution in [0.4, 0.5) is 0 Å². The van der Waals surface area contributed by atoms with E-state index in [1.165, 1.54) is 11.1 Å². The van der Waals surface area contributed by atoms with E-state index in [2.05, 4.69) is 19.1 Å². The van der Waals surface area contributed by atoms with E-state index in [0.29, 0.717) is 23.5 Å². The van der Waals surface area contributed by atoms with Gasteiger partial charge in [-0.3, -0.25) is 4.79 Å². The first-order valence-electron chi connectivity index (χ1n) is 6.95. The number of carbonyl (C=O) groups excluding carboxylic acids is 1. The Balaban J connectivity index is 2.09. The minimum Gasteiger partial charge on any atom is -0.493 e. The molecule has 110 valence electrons. The molecule has 2 rings (SSSR count). The molecule has 0 aliphatic heterocycles. The molecule has 0 spiro atoms. The van der Waals surface area contributed by atoms with Crippen LogP contribution in [0.1, 0.15) is 27.9 Å². The van der Waals surface area contributed by atoms with Gasteiger partial charge in [0.1, 0.15) is 0 Å². The molecule has 0 unspecified atom stereocenters. The van der Waals surface area contributed by atoms with Crippen LogP contribution in [0.15, 0.2) is 42.5 Å². The first-order valence-corrected chi connectivity index (χ1v) is 6.95. The predicted octanol–water partition coefficient (Wildman–Crippen LogP) is 3.83. The van der Waals surface area contributed by atoms with Crippen LogP contribution < -0.4 is 9.47 Å². The molecule has 0 aliphatic rings. The summed E-state index contributed by atoms with van der Waals surface area (Å²) in [6.45, 7) is 2.07. The molecular formula is C18H20O3. The van der Waals surface area contributed by atoms with Gasteiger partial charge in [-0.1, -0.05) is 24.3 Å². The highest BCUT2D eigenvalue weighted by atomic mass is 16.5. The summed E-state index contributed by atoms with van der Waals surface area (Å²) in [5.41, 5.74) is 3.09. The molecule has 0 N–H and O–H groups in total. The number of benzene rings is 2. The summed E-state index contributed by atoms with van der Waals surface area (Å²) in [4.78, 5) is 12.3. The Hall–Kier alpha value is -2.29. The second-order valence-electron chi connectivity index (χ2n) is 4.92. The van der Waals surface area contributed by atoms with Crippen molar-refractivity contribution in [3.63, 3.8) is 0 Å². The molecule has 0 radical (unpaired) electrons. The molecule has 21 heavy (non-hydrogen) atoms. The molecule has 0 bridgehead atoms.